The molecule has 0 spiro atoms. The van der Waals surface area contributed by atoms with Gasteiger partial charge in [-0.1, -0.05) is 0 Å². The number of nitrogen functional groups attached to an aromatic ring is 1. The largest absolute Gasteiger partial charge is 0.397 e. The van der Waals surface area contributed by atoms with Gasteiger partial charge in [-0.25, -0.2) is 0 Å². The lowest BCUT2D eigenvalue weighted by Crippen LogP contribution is -2.41. The van der Waals surface area contributed by atoms with Gasteiger partial charge < -0.3 is 15.4 Å². The molecule has 1 saturated heterocycles. The van der Waals surface area contributed by atoms with Gasteiger partial charge in [-0.3, -0.25) is 4.79 Å². The van der Waals surface area contributed by atoms with Crippen molar-refractivity contribution in [1.82, 2.24) is 0 Å². The summed E-state index contributed by atoms with van der Waals surface area (Å²) in [5, 5.41) is 1.24. The van der Waals surface area contributed by atoms with Crippen molar-refractivity contribution in [3.8, 4) is 0 Å². The second-order valence-corrected chi connectivity index (χ2v) is 7.60. The first-order valence-corrected chi connectivity index (χ1v) is 8.79. The van der Waals surface area contributed by atoms with E-state index < -0.39 is 0 Å². The second-order valence-electron chi connectivity index (χ2n) is 6.60. The Morgan fingerprint density at radius 3 is 2.71 bits per heavy atom. The Balaban J connectivity index is 1.71. The third-order valence-corrected chi connectivity index (χ3v) is 5.95. The smallest absolute Gasteiger partial charge is 0.178 e. The van der Waals surface area contributed by atoms with Crippen molar-refractivity contribution >= 4 is 27.8 Å². The molecular formula is C16H22N2O2S. The van der Waals surface area contributed by atoms with Crippen LogP contribution in [0.15, 0.2) is 0 Å². The van der Waals surface area contributed by atoms with E-state index in [1.165, 1.54) is 23.4 Å². The molecule has 1 aromatic heterocycles. The number of carbonyl (C=O) groups is 1. The van der Waals surface area contributed by atoms with Gasteiger partial charge in [0.2, 0.25) is 0 Å². The zero-order valence-electron chi connectivity index (χ0n) is 12.4. The van der Waals surface area contributed by atoms with E-state index in [0.29, 0.717) is 5.92 Å². The summed E-state index contributed by atoms with van der Waals surface area (Å²) in [7, 11) is 0. The van der Waals surface area contributed by atoms with Crippen molar-refractivity contribution < 1.29 is 9.53 Å². The van der Waals surface area contributed by atoms with E-state index in [-0.39, 0.29) is 17.8 Å². The second kappa shape index (κ2) is 4.99. The Kier molecular flexibility index (Phi) is 3.23. The van der Waals surface area contributed by atoms with E-state index >= 15 is 0 Å². The number of anilines is 2. The molecule has 0 bridgehead atoms. The average Bonchev–Trinajstić information content (AvgIpc) is 3.35. The topological polar surface area (TPSA) is 55.6 Å². The van der Waals surface area contributed by atoms with Crippen LogP contribution in [0.3, 0.4) is 0 Å². The summed E-state index contributed by atoms with van der Waals surface area (Å²) in [6, 6.07) is 0. The van der Waals surface area contributed by atoms with Gasteiger partial charge in [0.25, 0.3) is 0 Å². The first kappa shape index (κ1) is 13.6. The SMILES string of the molecule is CC1CN(c2sc(C(=O)C3CC3)c(N)c2C2CC2)CCO1. The number of ether oxygens (including phenoxy) is 1. The number of Topliss-reactive ketones (excluding diaryl/α,β-unsaturated/α-hetero) is 1. The Morgan fingerprint density at radius 1 is 1.33 bits per heavy atom. The number of nitrogens with zero attached hydrogens (tertiary/aromatic N) is 1. The predicted molar refractivity (Wildman–Crippen MR) is 85.4 cm³/mol. The Bertz CT molecular complexity index is 575. The van der Waals surface area contributed by atoms with E-state index in [2.05, 4.69) is 11.8 Å². The molecule has 2 N–H and O–H groups in total. The van der Waals surface area contributed by atoms with Gasteiger partial charge in [-0.15, -0.1) is 11.3 Å². The summed E-state index contributed by atoms with van der Waals surface area (Å²) in [5.41, 5.74) is 8.43. The van der Waals surface area contributed by atoms with Crippen molar-refractivity contribution in [3.63, 3.8) is 0 Å². The minimum absolute atomic E-state index is 0.245. The quantitative estimate of drug-likeness (QED) is 0.869. The van der Waals surface area contributed by atoms with Gasteiger partial charge in [-0.05, 0) is 38.5 Å². The van der Waals surface area contributed by atoms with E-state index in [1.54, 1.807) is 11.3 Å². The van der Waals surface area contributed by atoms with Crippen molar-refractivity contribution in [1.29, 1.82) is 0 Å². The van der Waals surface area contributed by atoms with Crippen molar-refractivity contribution in [2.75, 3.05) is 30.3 Å². The minimum Gasteiger partial charge on any atom is -0.397 e. The van der Waals surface area contributed by atoms with Crippen LogP contribution in [0.25, 0.3) is 0 Å². The number of ketones is 1. The van der Waals surface area contributed by atoms with Crippen molar-refractivity contribution in [2.24, 2.45) is 5.92 Å². The summed E-state index contributed by atoms with van der Waals surface area (Å²) >= 11 is 1.64. The highest BCUT2D eigenvalue weighted by Crippen LogP contribution is 2.53. The summed E-state index contributed by atoms with van der Waals surface area (Å²) in [6.45, 7) is 4.67. The number of rotatable bonds is 4. The number of hydrogen-bond donors (Lipinski definition) is 1. The minimum atomic E-state index is 0.245. The maximum atomic E-state index is 12.5. The van der Waals surface area contributed by atoms with Crippen LogP contribution in [-0.4, -0.2) is 31.6 Å². The van der Waals surface area contributed by atoms with E-state index in [4.69, 9.17) is 10.5 Å². The summed E-state index contributed by atoms with van der Waals surface area (Å²) in [6.07, 6.45) is 4.75. The van der Waals surface area contributed by atoms with Crippen LogP contribution in [0.2, 0.25) is 0 Å². The molecule has 1 aliphatic heterocycles. The van der Waals surface area contributed by atoms with Crippen molar-refractivity contribution in [2.45, 2.75) is 44.6 Å². The fourth-order valence-corrected chi connectivity index (χ4v) is 4.52. The van der Waals surface area contributed by atoms with Crippen molar-refractivity contribution in [3.05, 3.63) is 10.4 Å². The zero-order valence-corrected chi connectivity index (χ0v) is 13.2. The molecule has 1 unspecified atom stereocenters. The molecule has 1 aromatic rings. The van der Waals surface area contributed by atoms with E-state index in [9.17, 15) is 4.79 Å². The highest BCUT2D eigenvalue weighted by atomic mass is 32.1. The van der Waals surface area contributed by atoms with E-state index in [0.717, 1.165) is 43.1 Å². The predicted octanol–water partition coefficient (Wildman–Crippen LogP) is 3.03. The Labute approximate surface area is 129 Å². The molecule has 1 atom stereocenters. The summed E-state index contributed by atoms with van der Waals surface area (Å²) in [5.74, 6) is 1.11. The first-order valence-electron chi connectivity index (χ1n) is 7.98. The molecule has 4 nitrogen and oxygen atoms in total. The molecular weight excluding hydrogens is 284 g/mol. The lowest BCUT2D eigenvalue weighted by Gasteiger charge is -2.32. The molecule has 3 aliphatic rings. The molecule has 2 heterocycles. The molecule has 2 aliphatic carbocycles. The molecule has 0 amide bonds. The van der Waals surface area contributed by atoms with Gasteiger partial charge in [-0.2, -0.15) is 0 Å². The number of thiophene rings is 1. The van der Waals surface area contributed by atoms with Gasteiger partial charge in [0.05, 0.1) is 28.3 Å². The Hall–Kier alpha value is -1.07. The fourth-order valence-electron chi connectivity index (χ4n) is 3.16. The highest BCUT2D eigenvalue weighted by Gasteiger charge is 2.38. The summed E-state index contributed by atoms with van der Waals surface area (Å²) in [4.78, 5) is 15.7. The van der Waals surface area contributed by atoms with Gasteiger partial charge in [0, 0.05) is 24.6 Å². The van der Waals surface area contributed by atoms with Gasteiger partial charge >= 0.3 is 0 Å². The van der Waals surface area contributed by atoms with Crippen LogP contribution in [0, 0.1) is 5.92 Å². The molecule has 0 radical (unpaired) electrons. The third-order valence-electron chi connectivity index (χ3n) is 4.65. The van der Waals surface area contributed by atoms with Crippen LogP contribution < -0.4 is 10.6 Å². The third kappa shape index (κ3) is 2.46. The zero-order chi connectivity index (χ0) is 14.6. The summed E-state index contributed by atoms with van der Waals surface area (Å²) < 4.78 is 5.64. The molecule has 21 heavy (non-hydrogen) atoms. The van der Waals surface area contributed by atoms with E-state index in [1.807, 2.05) is 0 Å². The van der Waals surface area contributed by atoms with Crippen LogP contribution in [0.1, 0.15) is 53.8 Å². The maximum Gasteiger partial charge on any atom is 0.178 e. The van der Waals surface area contributed by atoms with Gasteiger partial charge in [0.15, 0.2) is 5.78 Å². The van der Waals surface area contributed by atoms with Crippen LogP contribution >= 0.6 is 11.3 Å². The molecule has 0 aromatic carbocycles. The molecule has 2 saturated carbocycles. The Morgan fingerprint density at radius 2 is 2.10 bits per heavy atom. The van der Waals surface area contributed by atoms with Crippen LogP contribution in [-0.2, 0) is 4.74 Å². The monoisotopic (exact) mass is 306 g/mol. The average molecular weight is 306 g/mol. The molecule has 4 rings (SSSR count). The maximum absolute atomic E-state index is 12.5. The number of nitrogens with two attached hydrogens (primary N) is 1. The molecule has 5 heteroatoms. The molecule has 114 valence electrons. The number of carbonyl (C=O) groups excluding carboxylic acids is 1. The first-order chi connectivity index (χ1) is 10.1. The molecule has 3 fully saturated rings. The number of hydrogen-bond acceptors (Lipinski definition) is 5. The lowest BCUT2D eigenvalue weighted by atomic mass is 10.1. The normalized spacial score (nSPS) is 26.1. The van der Waals surface area contributed by atoms with Crippen LogP contribution in [0.4, 0.5) is 10.7 Å². The lowest BCUT2D eigenvalue weighted by molar-refractivity contribution is 0.0534. The van der Waals surface area contributed by atoms with Crippen LogP contribution in [0.5, 0.6) is 0 Å². The highest BCUT2D eigenvalue weighted by molar-refractivity contribution is 7.19. The fraction of sp³-hybridized carbons (Fsp3) is 0.688. The van der Waals surface area contributed by atoms with Gasteiger partial charge in [0.1, 0.15) is 0 Å². The number of morpholine rings is 1. The standard InChI is InChI=1S/C16H22N2O2S/c1-9-8-18(6-7-20-9)16-12(10-2-3-10)13(17)15(21-16)14(19)11-4-5-11/h9-11H,2-8,17H2,1H3.